The molecule has 9 nitrogen and oxygen atoms in total. The quantitative estimate of drug-likeness (QED) is 0.515. The lowest BCUT2D eigenvalue weighted by atomic mass is 10.1. The maximum Gasteiger partial charge on any atom is 0.416 e. The van der Waals surface area contributed by atoms with Gasteiger partial charge in [-0.05, 0) is 31.2 Å². The van der Waals surface area contributed by atoms with Gasteiger partial charge in [-0.25, -0.2) is 5.43 Å². The Morgan fingerprint density at radius 3 is 2.69 bits per heavy atom. The minimum Gasteiger partial charge on any atom is -0.272 e. The van der Waals surface area contributed by atoms with E-state index in [1.807, 2.05) is 13.8 Å². The molecular formula is C17H17F3N8O. The third-order valence-corrected chi connectivity index (χ3v) is 4.13. The Morgan fingerprint density at radius 1 is 1.28 bits per heavy atom. The number of carbonyl (C=O) groups excluding carboxylic acids is 1. The second kappa shape index (κ2) is 7.81. The van der Waals surface area contributed by atoms with Crippen LogP contribution in [0.4, 0.5) is 13.2 Å². The van der Waals surface area contributed by atoms with Crippen LogP contribution in [-0.4, -0.2) is 42.1 Å². The molecule has 0 radical (unpaired) electrons. The van der Waals surface area contributed by atoms with Gasteiger partial charge in [-0.1, -0.05) is 12.1 Å². The summed E-state index contributed by atoms with van der Waals surface area (Å²) in [4.78, 5) is 13.0. The molecule has 0 aliphatic heterocycles. The minimum atomic E-state index is -4.48. The van der Waals surface area contributed by atoms with Gasteiger partial charge in [0, 0.05) is 23.9 Å². The molecule has 0 saturated carbocycles. The lowest BCUT2D eigenvalue weighted by Gasteiger charge is -2.06. The molecule has 0 atom stereocenters. The number of alkyl halides is 3. The van der Waals surface area contributed by atoms with Crippen LogP contribution in [0.15, 0.2) is 29.4 Å². The van der Waals surface area contributed by atoms with Gasteiger partial charge in [-0.15, -0.1) is 10.2 Å². The van der Waals surface area contributed by atoms with Gasteiger partial charge < -0.3 is 0 Å². The second-order valence-corrected chi connectivity index (χ2v) is 6.22. The van der Waals surface area contributed by atoms with Crippen LogP contribution in [0.2, 0.25) is 0 Å². The van der Waals surface area contributed by atoms with E-state index in [4.69, 9.17) is 0 Å². The first-order valence-corrected chi connectivity index (χ1v) is 8.42. The number of rotatable bonds is 5. The van der Waals surface area contributed by atoms with E-state index < -0.39 is 17.6 Å². The van der Waals surface area contributed by atoms with Crippen LogP contribution in [-0.2, 0) is 24.6 Å². The van der Waals surface area contributed by atoms with Crippen LogP contribution in [0.5, 0.6) is 0 Å². The zero-order chi connectivity index (χ0) is 21.2. The van der Waals surface area contributed by atoms with Crippen LogP contribution in [0.25, 0.3) is 11.4 Å². The van der Waals surface area contributed by atoms with Crippen LogP contribution in [0.3, 0.4) is 0 Å². The van der Waals surface area contributed by atoms with Gasteiger partial charge in [0.1, 0.15) is 6.54 Å². The molecule has 1 aromatic carbocycles. The van der Waals surface area contributed by atoms with Crippen LogP contribution in [0.1, 0.15) is 22.5 Å². The Labute approximate surface area is 163 Å². The Balaban J connectivity index is 1.64. The molecule has 0 spiro atoms. The number of hydrogen-bond donors (Lipinski definition) is 1. The summed E-state index contributed by atoms with van der Waals surface area (Å²) in [7, 11) is 1.80. The van der Waals surface area contributed by atoms with E-state index in [1.54, 1.807) is 11.7 Å². The molecule has 3 rings (SSSR count). The highest BCUT2D eigenvalue weighted by Gasteiger charge is 2.30. The van der Waals surface area contributed by atoms with Crippen molar-refractivity contribution >= 4 is 12.1 Å². The van der Waals surface area contributed by atoms with Crippen molar-refractivity contribution in [1.29, 1.82) is 0 Å². The van der Waals surface area contributed by atoms with Crippen LogP contribution in [0, 0.1) is 13.8 Å². The largest absolute Gasteiger partial charge is 0.416 e. The van der Waals surface area contributed by atoms with E-state index in [2.05, 4.69) is 31.0 Å². The van der Waals surface area contributed by atoms with E-state index in [-0.39, 0.29) is 17.9 Å². The lowest BCUT2D eigenvalue weighted by molar-refractivity contribution is -0.137. The first kappa shape index (κ1) is 20.2. The summed E-state index contributed by atoms with van der Waals surface area (Å²) in [5.41, 5.74) is 4.12. The molecule has 2 heterocycles. The Bertz CT molecular complexity index is 1070. The predicted molar refractivity (Wildman–Crippen MR) is 96.7 cm³/mol. The number of nitrogens with one attached hydrogen (secondary N) is 1. The summed E-state index contributed by atoms with van der Waals surface area (Å²) < 4.78 is 40.2. The molecule has 0 saturated heterocycles. The van der Waals surface area contributed by atoms with Crippen molar-refractivity contribution in [3.8, 4) is 11.4 Å². The first-order chi connectivity index (χ1) is 13.6. The van der Waals surface area contributed by atoms with Gasteiger partial charge in [0.25, 0.3) is 5.91 Å². The minimum absolute atomic E-state index is 0.0194. The fraction of sp³-hybridized carbons (Fsp3) is 0.294. The highest BCUT2D eigenvalue weighted by Crippen LogP contribution is 2.31. The molecule has 12 heteroatoms. The number of nitrogens with zero attached hydrogens (tertiary/aromatic N) is 7. The van der Waals surface area contributed by atoms with Gasteiger partial charge in [0.15, 0.2) is 0 Å². The molecule has 2 aromatic heterocycles. The maximum atomic E-state index is 12.8. The normalized spacial score (nSPS) is 11.9. The molecule has 0 aliphatic rings. The van der Waals surface area contributed by atoms with Gasteiger partial charge in [0.2, 0.25) is 5.82 Å². The molecule has 1 amide bonds. The van der Waals surface area contributed by atoms with Crippen LogP contribution >= 0.6 is 0 Å². The van der Waals surface area contributed by atoms with E-state index in [1.165, 1.54) is 18.3 Å². The monoisotopic (exact) mass is 406 g/mol. The Kier molecular flexibility index (Phi) is 5.43. The summed E-state index contributed by atoms with van der Waals surface area (Å²) >= 11 is 0. The number of halogens is 3. The SMILES string of the molecule is Cc1nn(C)c(C)c1/C=N\NC(=O)Cn1nnc(-c2cccc(C(F)(F)F)c2)n1. The third-order valence-electron chi connectivity index (χ3n) is 4.13. The lowest BCUT2D eigenvalue weighted by Crippen LogP contribution is -2.24. The summed E-state index contributed by atoms with van der Waals surface area (Å²) in [5.74, 6) is -0.539. The number of hydrogen-bond acceptors (Lipinski definition) is 6. The average molecular weight is 406 g/mol. The molecule has 0 unspecified atom stereocenters. The molecule has 3 aromatic rings. The van der Waals surface area contributed by atoms with Crippen molar-refractivity contribution in [3.63, 3.8) is 0 Å². The first-order valence-electron chi connectivity index (χ1n) is 8.42. The van der Waals surface area contributed by atoms with E-state index in [0.717, 1.165) is 33.9 Å². The van der Waals surface area contributed by atoms with Crippen molar-refractivity contribution < 1.29 is 18.0 Å². The van der Waals surface area contributed by atoms with Crippen molar-refractivity contribution in [2.45, 2.75) is 26.6 Å². The van der Waals surface area contributed by atoms with Crippen molar-refractivity contribution in [2.75, 3.05) is 0 Å². The smallest absolute Gasteiger partial charge is 0.272 e. The Morgan fingerprint density at radius 2 is 2.03 bits per heavy atom. The highest BCUT2D eigenvalue weighted by atomic mass is 19.4. The Hall–Kier alpha value is -3.57. The van der Waals surface area contributed by atoms with Gasteiger partial charge in [-0.2, -0.15) is 28.2 Å². The van der Waals surface area contributed by atoms with E-state index in [0.29, 0.717) is 0 Å². The fourth-order valence-corrected chi connectivity index (χ4v) is 2.57. The van der Waals surface area contributed by atoms with Crippen molar-refractivity contribution in [3.05, 3.63) is 46.8 Å². The zero-order valence-corrected chi connectivity index (χ0v) is 15.8. The number of tetrazole rings is 1. The van der Waals surface area contributed by atoms with Gasteiger partial charge in [0.05, 0.1) is 17.5 Å². The number of carbonyl (C=O) groups is 1. The molecule has 0 bridgehead atoms. The summed E-state index contributed by atoms with van der Waals surface area (Å²) in [6.07, 6.45) is -2.99. The molecule has 0 aliphatic carbocycles. The number of amides is 1. The predicted octanol–water partition coefficient (Wildman–Crippen LogP) is 1.86. The van der Waals surface area contributed by atoms with Crippen LogP contribution < -0.4 is 5.43 Å². The number of hydrazone groups is 1. The maximum absolute atomic E-state index is 12.8. The average Bonchev–Trinajstić information content (AvgIpc) is 3.21. The standard InChI is InChI=1S/C17H17F3N8O/c1-10-14(11(2)27(3)24-10)8-21-22-15(29)9-28-25-16(23-26-28)12-5-4-6-13(7-12)17(18,19)20/h4-8H,9H2,1-3H3,(H,22,29)/b21-8-. The van der Waals surface area contributed by atoms with Gasteiger partial charge in [-0.3, -0.25) is 9.48 Å². The van der Waals surface area contributed by atoms with Crippen molar-refractivity contribution in [2.24, 2.45) is 12.1 Å². The highest BCUT2D eigenvalue weighted by molar-refractivity contribution is 5.84. The zero-order valence-electron chi connectivity index (χ0n) is 15.8. The summed E-state index contributed by atoms with van der Waals surface area (Å²) in [5, 5.41) is 19.5. The number of aryl methyl sites for hydroxylation is 2. The summed E-state index contributed by atoms with van der Waals surface area (Å²) in [6.45, 7) is 3.40. The van der Waals surface area contributed by atoms with E-state index in [9.17, 15) is 18.0 Å². The molecule has 152 valence electrons. The third kappa shape index (κ3) is 4.65. The van der Waals surface area contributed by atoms with Gasteiger partial charge >= 0.3 is 6.18 Å². The topological polar surface area (TPSA) is 103 Å². The molecule has 0 fully saturated rings. The molecule has 29 heavy (non-hydrogen) atoms. The van der Waals surface area contributed by atoms with E-state index >= 15 is 0 Å². The van der Waals surface area contributed by atoms with Crippen molar-refractivity contribution in [1.82, 2.24) is 35.4 Å². The fourth-order valence-electron chi connectivity index (χ4n) is 2.57. The second-order valence-electron chi connectivity index (χ2n) is 6.22. The molecular weight excluding hydrogens is 389 g/mol. The molecule has 1 N–H and O–H groups in total. The summed E-state index contributed by atoms with van der Waals surface area (Å²) in [6, 6.07) is 4.55. The number of aromatic nitrogens is 6. The number of benzene rings is 1.